The van der Waals surface area contributed by atoms with E-state index in [-0.39, 0.29) is 0 Å². The monoisotopic (exact) mass is 710 g/mol. The molecule has 1 N–H and O–H groups in total. The molecule has 2 heterocycles. The largest absolute Gasteiger partial charge is 0.416 e. The number of amides is 1. The predicted molar refractivity (Wildman–Crippen MR) is 183 cm³/mol. The van der Waals surface area contributed by atoms with Crippen molar-refractivity contribution in [3.05, 3.63) is 130 Å². The Hall–Kier alpha value is -4.58. The van der Waals surface area contributed by atoms with Crippen molar-refractivity contribution < 1.29 is 26.4 Å². The fourth-order valence-corrected chi connectivity index (χ4v) is 7.59. The molecule has 0 spiro atoms. The highest BCUT2D eigenvalue weighted by Gasteiger charge is 2.50. The molecule has 0 aliphatic carbocycles. The van der Waals surface area contributed by atoms with Gasteiger partial charge in [0.15, 0.2) is 0 Å². The van der Waals surface area contributed by atoms with Crippen LogP contribution in [0.1, 0.15) is 36.4 Å². The Morgan fingerprint density at radius 1 is 0.896 bits per heavy atom. The zero-order chi connectivity index (χ0) is 34.4. The summed E-state index contributed by atoms with van der Waals surface area (Å²) in [7, 11) is -4.03. The van der Waals surface area contributed by atoms with Crippen LogP contribution in [0.15, 0.2) is 97.2 Å². The fraction of sp³-hybridized carbons (Fsp3) is 0.143. The van der Waals surface area contributed by atoms with E-state index in [1.165, 1.54) is 19.9 Å². The number of hydrogen-bond donors (Lipinski definition) is 1. The lowest BCUT2D eigenvalue weighted by molar-refractivity contribution is -0.137. The van der Waals surface area contributed by atoms with Crippen LogP contribution in [0.4, 0.5) is 18.9 Å². The van der Waals surface area contributed by atoms with Gasteiger partial charge in [-0.05, 0) is 84.6 Å². The summed E-state index contributed by atoms with van der Waals surface area (Å²) in [6.45, 7) is 3.43. The number of aromatic nitrogens is 2. The Bertz CT molecular complexity index is 2160. The molecule has 1 aliphatic rings. The minimum absolute atomic E-state index is 0.343. The standard InChI is InChI=1S/C35H27Cl2F3N4O3S/c1-34(2)33(45)42-48(46,47)44(34)28-14-8-23(9-15-28)20-43-21-31(29-16-13-27(36)19-30(29)37)41-32(43)17-10-22-6-11-24(12-7-22)25-4-3-5-26(18-25)35(38,39)40/h3-19,21H,20H2,1-2H3,(H,42,45). The Kier molecular flexibility index (Phi) is 8.65. The van der Waals surface area contributed by atoms with Gasteiger partial charge in [-0.1, -0.05) is 77.8 Å². The molecule has 246 valence electrons. The SMILES string of the molecule is CC1(C)C(=O)NS(=O)(=O)N1c1ccc(Cn2cc(-c3ccc(Cl)cc3Cl)nc2C=Cc2ccc(-c3cccc(C(F)(F)F)c3)cc2)cc1. The van der Waals surface area contributed by atoms with Crippen molar-refractivity contribution in [1.82, 2.24) is 14.3 Å². The normalized spacial score (nSPS) is 15.6. The predicted octanol–water partition coefficient (Wildman–Crippen LogP) is 8.72. The van der Waals surface area contributed by atoms with Gasteiger partial charge >= 0.3 is 16.4 Å². The molecule has 1 aliphatic heterocycles. The smallest absolute Gasteiger partial charge is 0.326 e. The van der Waals surface area contributed by atoms with E-state index in [0.717, 1.165) is 27.6 Å². The zero-order valence-corrected chi connectivity index (χ0v) is 27.8. The van der Waals surface area contributed by atoms with E-state index < -0.39 is 33.4 Å². The van der Waals surface area contributed by atoms with Crippen molar-refractivity contribution in [3.8, 4) is 22.4 Å². The van der Waals surface area contributed by atoms with Crippen LogP contribution < -0.4 is 9.03 Å². The maximum Gasteiger partial charge on any atom is 0.416 e. The van der Waals surface area contributed by atoms with Gasteiger partial charge < -0.3 is 4.57 Å². The molecule has 7 nitrogen and oxygen atoms in total. The van der Waals surface area contributed by atoms with E-state index >= 15 is 0 Å². The minimum atomic E-state index is -4.43. The minimum Gasteiger partial charge on any atom is -0.326 e. The molecule has 1 fully saturated rings. The molecule has 1 saturated heterocycles. The molecule has 5 aromatic rings. The van der Waals surface area contributed by atoms with Crippen LogP contribution in [0.5, 0.6) is 0 Å². The van der Waals surface area contributed by atoms with Crippen molar-refractivity contribution in [2.45, 2.75) is 32.1 Å². The molecular weight excluding hydrogens is 684 g/mol. The molecule has 0 atom stereocenters. The molecule has 6 rings (SSSR count). The molecule has 0 radical (unpaired) electrons. The molecule has 0 bridgehead atoms. The van der Waals surface area contributed by atoms with Crippen molar-refractivity contribution in [2.75, 3.05) is 4.31 Å². The molecule has 48 heavy (non-hydrogen) atoms. The number of imidazole rings is 1. The Morgan fingerprint density at radius 3 is 2.23 bits per heavy atom. The maximum absolute atomic E-state index is 13.2. The van der Waals surface area contributed by atoms with Gasteiger partial charge in [0.1, 0.15) is 11.4 Å². The number of nitrogens with zero attached hydrogens (tertiary/aromatic N) is 3. The van der Waals surface area contributed by atoms with Gasteiger partial charge in [0.25, 0.3) is 5.91 Å². The number of nitrogens with one attached hydrogen (secondary N) is 1. The molecular formula is C35H27Cl2F3N4O3S. The van der Waals surface area contributed by atoms with E-state index in [1.54, 1.807) is 60.7 Å². The third-order valence-corrected chi connectivity index (χ3v) is 10.1. The first-order valence-corrected chi connectivity index (χ1v) is 16.8. The lowest BCUT2D eigenvalue weighted by atomic mass is 10.0. The maximum atomic E-state index is 13.2. The van der Waals surface area contributed by atoms with Crippen LogP contribution in [0, 0.1) is 0 Å². The van der Waals surface area contributed by atoms with Crippen LogP contribution in [0.3, 0.4) is 0 Å². The lowest BCUT2D eigenvalue weighted by Gasteiger charge is -2.27. The first kappa shape index (κ1) is 33.3. The highest BCUT2D eigenvalue weighted by Crippen LogP contribution is 2.34. The van der Waals surface area contributed by atoms with Crippen molar-refractivity contribution in [1.29, 1.82) is 0 Å². The third-order valence-electron chi connectivity index (χ3n) is 7.92. The number of alkyl halides is 3. The molecule has 1 aromatic heterocycles. The second kappa shape index (κ2) is 12.5. The second-order valence-corrected chi connectivity index (χ2v) is 14.1. The van der Waals surface area contributed by atoms with Crippen molar-refractivity contribution in [2.24, 2.45) is 0 Å². The summed E-state index contributed by atoms with van der Waals surface area (Å²) < 4.78 is 69.9. The fourth-order valence-electron chi connectivity index (χ4n) is 5.42. The summed E-state index contributed by atoms with van der Waals surface area (Å²) in [6.07, 6.45) is 1.07. The summed E-state index contributed by atoms with van der Waals surface area (Å²) in [4.78, 5) is 17.1. The van der Waals surface area contributed by atoms with E-state index in [2.05, 4.69) is 0 Å². The van der Waals surface area contributed by atoms with Crippen LogP contribution in [-0.2, 0) is 27.7 Å². The van der Waals surface area contributed by atoms with Crippen molar-refractivity contribution in [3.63, 3.8) is 0 Å². The lowest BCUT2D eigenvalue weighted by Crippen LogP contribution is -2.44. The van der Waals surface area contributed by atoms with E-state index in [4.69, 9.17) is 28.2 Å². The second-order valence-electron chi connectivity index (χ2n) is 11.7. The van der Waals surface area contributed by atoms with Gasteiger partial charge in [0, 0.05) is 23.3 Å². The topological polar surface area (TPSA) is 84.3 Å². The van der Waals surface area contributed by atoms with Crippen LogP contribution in [0.2, 0.25) is 10.0 Å². The average Bonchev–Trinajstić information content (AvgIpc) is 3.49. The van der Waals surface area contributed by atoms with Gasteiger partial charge in [-0.25, -0.2) is 14.0 Å². The van der Waals surface area contributed by atoms with Crippen LogP contribution in [-0.4, -0.2) is 29.4 Å². The number of carbonyl (C=O) groups excluding carboxylic acids is 1. The number of rotatable bonds is 7. The Labute approximate surface area is 285 Å². The first-order valence-electron chi connectivity index (χ1n) is 14.6. The molecule has 0 saturated carbocycles. The van der Waals surface area contributed by atoms with E-state index in [1.807, 2.05) is 39.8 Å². The number of halogens is 5. The number of benzene rings is 4. The summed E-state index contributed by atoms with van der Waals surface area (Å²) >= 11 is 12.6. The number of anilines is 1. The molecule has 4 aromatic carbocycles. The molecule has 0 unspecified atom stereocenters. The number of hydrogen-bond acceptors (Lipinski definition) is 4. The first-order chi connectivity index (χ1) is 22.6. The summed E-state index contributed by atoms with van der Waals surface area (Å²) in [5.41, 5.74) is 2.35. The summed E-state index contributed by atoms with van der Waals surface area (Å²) in [5, 5.41) is 0.909. The summed E-state index contributed by atoms with van der Waals surface area (Å²) in [6, 6.07) is 24.3. The van der Waals surface area contributed by atoms with Crippen LogP contribution in [0.25, 0.3) is 34.5 Å². The Morgan fingerprint density at radius 2 is 1.60 bits per heavy atom. The van der Waals surface area contributed by atoms with Gasteiger partial charge in [-0.2, -0.15) is 21.6 Å². The van der Waals surface area contributed by atoms with Crippen molar-refractivity contribution >= 4 is 57.2 Å². The van der Waals surface area contributed by atoms with Gasteiger partial charge in [-0.3, -0.25) is 4.79 Å². The Balaban J connectivity index is 1.29. The highest BCUT2D eigenvalue weighted by molar-refractivity contribution is 7.92. The van der Waals surface area contributed by atoms with Gasteiger partial charge in [0.2, 0.25) is 0 Å². The summed E-state index contributed by atoms with van der Waals surface area (Å²) in [5.74, 6) is -0.0276. The quantitative estimate of drug-likeness (QED) is 0.183. The highest BCUT2D eigenvalue weighted by atomic mass is 35.5. The van der Waals surface area contributed by atoms with Crippen LogP contribution >= 0.6 is 23.2 Å². The average molecular weight is 712 g/mol. The number of carbonyl (C=O) groups is 1. The van der Waals surface area contributed by atoms with E-state index in [0.29, 0.717) is 50.5 Å². The van der Waals surface area contributed by atoms with Gasteiger partial charge in [-0.15, -0.1) is 0 Å². The molecule has 13 heteroatoms. The van der Waals surface area contributed by atoms with E-state index in [9.17, 15) is 26.4 Å². The molecule has 1 amide bonds. The van der Waals surface area contributed by atoms with Gasteiger partial charge in [0.05, 0.1) is 22.0 Å². The zero-order valence-electron chi connectivity index (χ0n) is 25.5. The third kappa shape index (κ3) is 6.71.